The Morgan fingerprint density at radius 1 is 1.25 bits per heavy atom. The van der Waals surface area contributed by atoms with Gasteiger partial charge in [0.2, 0.25) is 0 Å². The third kappa shape index (κ3) is 6.82. The predicted molar refractivity (Wildman–Crippen MR) is 109 cm³/mol. The number of hydrogen-bond acceptors (Lipinski definition) is 5. The second-order valence-corrected chi connectivity index (χ2v) is 8.54. The summed E-state index contributed by atoms with van der Waals surface area (Å²) in [6, 6.07) is 9.30. The van der Waals surface area contributed by atoms with E-state index in [9.17, 15) is 9.59 Å². The number of nitrogens with one attached hydrogen (secondary N) is 1. The molecule has 6 heteroatoms. The van der Waals surface area contributed by atoms with Crippen molar-refractivity contribution in [2.45, 2.75) is 71.8 Å². The maximum absolute atomic E-state index is 12.6. The number of rotatable bonds is 7. The van der Waals surface area contributed by atoms with Crippen LogP contribution in [0.15, 0.2) is 30.3 Å². The molecule has 1 unspecified atom stereocenters. The number of amides is 1. The van der Waals surface area contributed by atoms with E-state index >= 15 is 0 Å². The van der Waals surface area contributed by atoms with E-state index in [1.807, 2.05) is 58.0 Å². The van der Waals surface area contributed by atoms with Crippen LogP contribution in [-0.2, 0) is 20.9 Å². The quantitative estimate of drug-likeness (QED) is 0.718. The Kier molecular flexibility index (Phi) is 7.87. The van der Waals surface area contributed by atoms with Crippen molar-refractivity contribution in [1.29, 1.82) is 0 Å². The summed E-state index contributed by atoms with van der Waals surface area (Å²) in [5, 5.41) is 3.42. The van der Waals surface area contributed by atoms with Gasteiger partial charge in [-0.3, -0.25) is 10.1 Å². The predicted octanol–water partition coefficient (Wildman–Crippen LogP) is 3.74. The van der Waals surface area contributed by atoms with Crippen molar-refractivity contribution in [3.8, 4) is 0 Å². The Morgan fingerprint density at radius 3 is 2.54 bits per heavy atom. The zero-order valence-corrected chi connectivity index (χ0v) is 17.7. The molecule has 1 aliphatic heterocycles. The summed E-state index contributed by atoms with van der Waals surface area (Å²) in [5.74, 6) is -0.0825. The van der Waals surface area contributed by atoms with Crippen LogP contribution in [0.3, 0.4) is 0 Å². The molecule has 0 aromatic heterocycles. The van der Waals surface area contributed by atoms with Gasteiger partial charge >= 0.3 is 12.1 Å². The highest BCUT2D eigenvalue weighted by Gasteiger charge is 2.34. The molecule has 1 aromatic rings. The third-order valence-corrected chi connectivity index (χ3v) is 4.94. The zero-order valence-electron chi connectivity index (χ0n) is 17.7. The minimum absolute atomic E-state index is 0.0517. The van der Waals surface area contributed by atoms with Crippen LogP contribution < -0.4 is 5.32 Å². The third-order valence-electron chi connectivity index (χ3n) is 4.94. The lowest BCUT2D eigenvalue weighted by atomic mass is 9.97. The van der Waals surface area contributed by atoms with E-state index in [0.29, 0.717) is 13.1 Å². The number of esters is 1. The van der Waals surface area contributed by atoms with Gasteiger partial charge in [-0.2, -0.15) is 0 Å². The lowest BCUT2D eigenvalue weighted by Gasteiger charge is -2.29. The number of nitrogens with zero attached hydrogens (tertiary/aromatic N) is 1. The number of benzene rings is 1. The molecule has 2 rings (SSSR count). The van der Waals surface area contributed by atoms with Gasteiger partial charge in [0.25, 0.3) is 0 Å². The van der Waals surface area contributed by atoms with Gasteiger partial charge in [0.05, 0.1) is 0 Å². The molecule has 3 atom stereocenters. The molecule has 0 radical (unpaired) electrons. The molecule has 1 N–H and O–H groups in total. The van der Waals surface area contributed by atoms with Crippen LogP contribution in [0.1, 0.15) is 53.0 Å². The summed E-state index contributed by atoms with van der Waals surface area (Å²) in [6.45, 7) is 11.1. The van der Waals surface area contributed by atoms with E-state index in [-0.39, 0.29) is 36.7 Å². The molecule has 1 heterocycles. The first-order valence-electron chi connectivity index (χ1n) is 10.1. The van der Waals surface area contributed by atoms with Gasteiger partial charge in [0, 0.05) is 19.1 Å². The molecule has 1 amide bonds. The van der Waals surface area contributed by atoms with Crippen LogP contribution in [0.2, 0.25) is 0 Å². The second-order valence-electron chi connectivity index (χ2n) is 8.54. The maximum Gasteiger partial charge on any atom is 0.410 e. The van der Waals surface area contributed by atoms with Gasteiger partial charge in [0.15, 0.2) is 0 Å². The van der Waals surface area contributed by atoms with E-state index in [2.05, 4.69) is 12.2 Å². The first-order valence-corrected chi connectivity index (χ1v) is 10.1. The first kappa shape index (κ1) is 22.2. The minimum atomic E-state index is -0.520. The Labute approximate surface area is 168 Å². The monoisotopic (exact) mass is 390 g/mol. The maximum atomic E-state index is 12.6. The van der Waals surface area contributed by atoms with Crippen molar-refractivity contribution in [2.75, 3.05) is 13.1 Å². The largest absolute Gasteiger partial charge is 0.459 e. The van der Waals surface area contributed by atoms with Crippen molar-refractivity contribution in [2.24, 2.45) is 5.92 Å². The Bertz CT molecular complexity index is 642. The van der Waals surface area contributed by atoms with Gasteiger partial charge in [0.1, 0.15) is 18.2 Å². The van der Waals surface area contributed by atoms with Crippen LogP contribution >= 0.6 is 0 Å². The Hall–Kier alpha value is -2.08. The molecule has 6 nitrogen and oxygen atoms in total. The van der Waals surface area contributed by atoms with Crippen molar-refractivity contribution in [3.05, 3.63) is 35.9 Å². The zero-order chi connectivity index (χ0) is 20.7. The topological polar surface area (TPSA) is 67.9 Å². The van der Waals surface area contributed by atoms with E-state index in [4.69, 9.17) is 9.47 Å². The average Bonchev–Trinajstić information content (AvgIpc) is 3.11. The summed E-state index contributed by atoms with van der Waals surface area (Å²) in [7, 11) is 0. The Morgan fingerprint density at radius 2 is 1.93 bits per heavy atom. The van der Waals surface area contributed by atoms with E-state index in [1.54, 1.807) is 4.90 Å². The summed E-state index contributed by atoms with van der Waals surface area (Å²) < 4.78 is 11.0. The van der Waals surface area contributed by atoms with Crippen LogP contribution in [-0.4, -0.2) is 47.7 Å². The molecule has 1 aliphatic rings. The van der Waals surface area contributed by atoms with Gasteiger partial charge in [-0.25, -0.2) is 4.79 Å². The molecule has 1 aromatic carbocycles. The fourth-order valence-corrected chi connectivity index (χ4v) is 3.19. The minimum Gasteiger partial charge on any atom is -0.459 e. The normalized spacial score (nSPS) is 19.2. The fraction of sp³-hybridized carbons (Fsp3) is 0.636. The highest BCUT2D eigenvalue weighted by atomic mass is 16.6. The summed E-state index contributed by atoms with van der Waals surface area (Å²) in [6.07, 6.45) is 1.34. The number of hydrogen-bond donors (Lipinski definition) is 1. The summed E-state index contributed by atoms with van der Waals surface area (Å²) in [4.78, 5) is 26.7. The van der Waals surface area contributed by atoms with Crippen LogP contribution in [0.5, 0.6) is 0 Å². The van der Waals surface area contributed by atoms with Crippen molar-refractivity contribution in [1.82, 2.24) is 10.2 Å². The molecule has 28 heavy (non-hydrogen) atoms. The Balaban J connectivity index is 1.88. The van der Waals surface area contributed by atoms with Gasteiger partial charge in [-0.05, 0) is 38.7 Å². The van der Waals surface area contributed by atoms with Crippen LogP contribution in [0.25, 0.3) is 0 Å². The number of ether oxygens (including phenoxy) is 2. The standard InChI is InChI=1S/C22H34N2O4/c1-6-16(2)19(20(25)28-22(3,4)5)23-18-12-13-24(14-18)21(26)27-15-17-10-8-7-9-11-17/h7-11,16,18-19,23H,6,12-15H2,1-5H3/t16-,18-,19?/m0/s1. The van der Waals surface area contributed by atoms with Gasteiger partial charge < -0.3 is 14.4 Å². The van der Waals surface area contributed by atoms with E-state index < -0.39 is 5.60 Å². The second kappa shape index (κ2) is 9.92. The van der Waals surface area contributed by atoms with Crippen LogP contribution in [0, 0.1) is 5.92 Å². The number of carbonyl (C=O) groups is 2. The molecule has 156 valence electrons. The SMILES string of the molecule is CC[C@H](C)C(N[C@H]1CCN(C(=O)OCc2ccccc2)C1)C(=O)OC(C)(C)C. The average molecular weight is 391 g/mol. The first-order chi connectivity index (χ1) is 13.2. The van der Waals surface area contributed by atoms with Crippen molar-refractivity contribution < 1.29 is 19.1 Å². The van der Waals surface area contributed by atoms with Crippen molar-refractivity contribution in [3.63, 3.8) is 0 Å². The molecular weight excluding hydrogens is 356 g/mol. The molecule has 0 saturated carbocycles. The molecular formula is C22H34N2O4. The molecule has 1 saturated heterocycles. The summed E-state index contributed by atoms with van der Waals surface area (Å²) in [5.41, 5.74) is 0.444. The fourth-order valence-electron chi connectivity index (χ4n) is 3.19. The van der Waals surface area contributed by atoms with Gasteiger partial charge in [-0.15, -0.1) is 0 Å². The summed E-state index contributed by atoms with van der Waals surface area (Å²) >= 11 is 0. The molecule has 1 fully saturated rings. The highest BCUT2D eigenvalue weighted by molar-refractivity contribution is 5.76. The number of likely N-dealkylation sites (tertiary alicyclic amines) is 1. The smallest absolute Gasteiger partial charge is 0.410 e. The molecule has 0 spiro atoms. The molecule has 0 bridgehead atoms. The van der Waals surface area contributed by atoms with E-state index in [1.165, 1.54) is 0 Å². The van der Waals surface area contributed by atoms with Crippen LogP contribution in [0.4, 0.5) is 4.79 Å². The lowest BCUT2D eigenvalue weighted by molar-refractivity contribution is -0.159. The van der Waals surface area contributed by atoms with Crippen molar-refractivity contribution >= 4 is 12.1 Å². The van der Waals surface area contributed by atoms with E-state index in [0.717, 1.165) is 18.4 Å². The van der Waals surface area contributed by atoms with Gasteiger partial charge in [-0.1, -0.05) is 50.6 Å². The molecule has 0 aliphatic carbocycles. The lowest BCUT2D eigenvalue weighted by Crippen LogP contribution is -2.50. The number of carbonyl (C=O) groups excluding carboxylic acids is 2. The highest BCUT2D eigenvalue weighted by Crippen LogP contribution is 2.18.